The van der Waals surface area contributed by atoms with Crippen LogP contribution in [0.3, 0.4) is 0 Å². The van der Waals surface area contributed by atoms with Gasteiger partial charge in [-0.2, -0.15) is 0 Å². The van der Waals surface area contributed by atoms with Crippen LogP contribution in [0.2, 0.25) is 0 Å². The lowest BCUT2D eigenvalue weighted by Gasteiger charge is -2.37. The Morgan fingerprint density at radius 2 is 1.65 bits per heavy atom. The van der Waals surface area contributed by atoms with Gasteiger partial charge in [0.15, 0.2) is 0 Å². The van der Waals surface area contributed by atoms with E-state index in [-0.39, 0.29) is 29.7 Å². The highest BCUT2D eigenvalue weighted by Gasteiger charge is 2.46. The van der Waals surface area contributed by atoms with Gasteiger partial charge in [0, 0.05) is 23.7 Å². The lowest BCUT2D eigenvalue weighted by atomic mass is 9.84. The first kappa shape index (κ1) is 28.9. The molecule has 1 saturated heterocycles. The van der Waals surface area contributed by atoms with Crippen LogP contribution >= 0.6 is 0 Å². The standard InChI is InChI=1S/C33H31FN2O6S/c34-24-10-13-27(14-11-24)43(39,40)36-25-12-15-30-28(16-25)29-17-26(41-31(20-37)33(29)42-30)18-32(38)35-19-21-6-8-23(9-7-21)22-4-2-1-3-5-22/h1-16,26,29,31,33,36-37H,17-20H2,(H,35,38)/t26-,29+,31-,33-/m1/s1. The van der Waals surface area contributed by atoms with Crippen LogP contribution in [-0.2, 0) is 26.1 Å². The summed E-state index contributed by atoms with van der Waals surface area (Å²) in [6.07, 6.45) is -1.01. The van der Waals surface area contributed by atoms with Crippen molar-refractivity contribution in [2.24, 2.45) is 0 Å². The van der Waals surface area contributed by atoms with Gasteiger partial charge < -0.3 is 19.9 Å². The van der Waals surface area contributed by atoms with Crippen molar-refractivity contribution in [1.82, 2.24) is 5.32 Å². The van der Waals surface area contributed by atoms with Gasteiger partial charge >= 0.3 is 0 Å². The second-order valence-corrected chi connectivity index (χ2v) is 12.4. The van der Waals surface area contributed by atoms with Crippen LogP contribution in [0.1, 0.15) is 29.9 Å². The fourth-order valence-electron chi connectivity index (χ4n) is 5.71. The minimum atomic E-state index is -3.94. The van der Waals surface area contributed by atoms with Gasteiger partial charge in [-0.1, -0.05) is 54.6 Å². The highest BCUT2D eigenvalue weighted by molar-refractivity contribution is 7.92. The minimum Gasteiger partial charge on any atom is -0.487 e. The van der Waals surface area contributed by atoms with E-state index in [1.807, 2.05) is 54.6 Å². The molecule has 0 aromatic heterocycles. The normalized spacial score (nSPS) is 20.9. The van der Waals surface area contributed by atoms with Crippen molar-refractivity contribution in [2.75, 3.05) is 11.3 Å². The van der Waals surface area contributed by atoms with Gasteiger partial charge in [0.25, 0.3) is 10.0 Å². The summed E-state index contributed by atoms with van der Waals surface area (Å²) in [6, 6.07) is 27.6. The van der Waals surface area contributed by atoms with E-state index in [1.54, 1.807) is 18.2 Å². The maximum Gasteiger partial charge on any atom is 0.261 e. The lowest BCUT2D eigenvalue weighted by molar-refractivity contribution is -0.142. The average molecular weight is 603 g/mol. The second kappa shape index (κ2) is 12.2. The maximum absolute atomic E-state index is 13.3. The molecule has 0 spiro atoms. The third kappa shape index (κ3) is 6.41. The van der Waals surface area contributed by atoms with Crippen molar-refractivity contribution < 1.29 is 32.2 Å². The van der Waals surface area contributed by atoms with Crippen molar-refractivity contribution in [1.29, 1.82) is 0 Å². The van der Waals surface area contributed by atoms with E-state index in [1.165, 1.54) is 12.1 Å². The fourth-order valence-corrected chi connectivity index (χ4v) is 6.76. The first-order chi connectivity index (χ1) is 20.8. The number of hydrogen-bond acceptors (Lipinski definition) is 6. The minimum absolute atomic E-state index is 0.0619. The molecule has 222 valence electrons. The molecule has 0 unspecified atom stereocenters. The first-order valence-corrected chi connectivity index (χ1v) is 15.5. The van der Waals surface area contributed by atoms with Gasteiger partial charge in [-0.05, 0) is 65.6 Å². The number of carbonyl (C=O) groups is 1. The zero-order chi connectivity index (χ0) is 30.0. The summed E-state index contributed by atoms with van der Waals surface area (Å²) >= 11 is 0. The second-order valence-electron chi connectivity index (χ2n) is 10.8. The van der Waals surface area contributed by atoms with Gasteiger partial charge in [0.1, 0.15) is 23.8 Å². The van der Waals surface area contributed by atoms with Crippen LogP contribution < -0.4 is 14.8 Å². The van der Waals surface area contributed by atoms with E-state index in [9.17, 15) is 22.7 Å². The topological polar surface area (TPSA) is 114 Å². The van der Waals surface area contributed by atoms with Crippen LogP contribution in [0, 0.1) is 5.82 Å². The largest absolute Gasteiger partial charge is 0.487 e. The summed E-state index contributed by atoms with van der Waals surface area (Å²) in [5.74, 6) is -0.337. The molecule has 43 heavy (non-hydrogen) atoms. The van der Waals surface area contributed by atoms with Crippen molar-refractivity contribution in [3.8, 4) is 16.9 Å². The molecule has 2 aliphatic heterocycles. The number of nitrogens with one attached hydrogen (secondary N) is 2. The van der Waals surface area contributed by atoms with Crippen molar-refractivity contribution in [3.63, 3.8) is 0 Å². The molecule has 0 aliphatic carbocycles. The molecule has 10 heteroatoms. The van der Waals surface area contributed by atoms with E-state index >= 15 is 0 Å². The third-order valence-corrected chi connectivity index (χ3v) is 9.24. The molecule has 0 saturated carbocycles. The predicted octanol–water partition coefficient (Wildman–Crippen LogP) is 4.99. The Hall–Kier alpha value is -4.25. The Morgan fingerprint density at radius 1 is 0.930 bits per heavy atom. The zero-order valence-electron chi connectivity index (χ0n) is 23.2. The SMILES string of the molecule is O=C(C[C@H]1C[C@H]2c3cc(NS(=O)(=O)c4ccc(F)cc4)ccc3O[C@H]2[C@@H](CO)O1)NCc1ccc(-c2ccccc2)cc1. The molecule has 2 aliphatic rings. The highest BCUT2D eigenvalue weighted by Crippen LogP contribution is 2.47. The van der Waals surface area contributed by atoms with Gasteiger partial charge in [-0.15, -0.1) is 0 Å². The van der Waals surface area contributed by atoms with Gasteiger partial charge in [0.2, 0.25) is 5.91 Å². The van der Waals surface area contributed by atoms with Crippen molar-refractivity contribution in [2.45, 2.75) is 48.5 Å². The van der Waals surface area contributed by atoms with E-state index < -0.39 is 34.2 Å². The van der Waals surface area contributed by atoms with Crippen LogP contribution in [0.25, 0.3) is 11.1 Å². The van der Waals surface area contributed by atoms with Crippen LogP contribution in [0.5, 0.6) is 5.75 Å². The molecule has 1 fully saturated rings. The quantitative estimate of drug-likeness (QED) is 0.249. The van der Waals surface area contributed by atoms with E-state index in [0.717, 1.165) is 34.4 Å². The molecular formula is C33H31FN2O6S. The molecule has 3 N–H and O–H groups in total. The first-order valence-electron chi connectivity index (χ1n) is 14.1. The summed E-state index contributed by atoms with van der Waals surface area (Å²) in [4.78, 5) is 12.8. The molecule has 4 atom stereocenters. The zero-order valence-corrected chi connectivity index (χ0v) is 24.0. The van der Waals surface area contributed by atoms with Gasteiger partial charge in [0.05, 0.1) is 24.0 Å². The number of anilines is 1. The molecule has 4 aromatic rings. The number of ether oxygens (including phenoxy) is 2. The monoisotopic (exact) mass is 602 g/mol. The number of benzene rings is 4. The van der Waals surface area contributed by atoms with Crippen LogP contribution in [0.4, 0.5) is 10.1 Å². The van der Waals surface area contributed by atoms with Gasteiger partial charge in [-0.25, -0.2) is 12.8 Å². The smallest absolute Gasteiger partial charge is 0.261 e. The van der Waals surface area contributed by atoms with E-state index in [4.69, 9.17) is 9.47 Å². The number of hydrogen-bond donors (Lipinski definition) is 3. The number of fused-ring (bicyclic) bond motifs is 3. The summed E-state index contributed by atoms with van der Waals surface area (Å²) in [5, 5.41) is 13.0. The number of halogens is 1. The predicted molar refractivity (Wildman–Crippen MR) is 160 cm³/mol. The molecule has 8 nitrogen and oxygen atoms in total. The Balaban J connectivity index is 1.10. The van der Waals surface area contributed by atoms with E-state index in [2.05, 4.69) is 10.0 Å². The Bertz CT molecular complexity index is 1700. The lowest BCUT2D eigenvalue weighted by Crippen LogP contribution is -2.47. The Kier molecular flexibility index (Phi) is 8.16. The summed E-state index contributed by atoms with van der Waals surface area (Å²) in [5.41, 5.74) is 4.29. The number of carbonyl (C=O) groups excluding carboxylic acids is 1. The Morgan fingerprint density at radius 3 is 2.37 bits per heavy atom. The van der Waals surface area contributed by atoms with E-state index in [0.29, 0.717) is 24.4 Å². The molecule has 2 heterocycles. The maximum atomic E-state index is 13.3. The number of aliphatic hydroxyl groups excluding tert-OH is 1. The van der Waals surface area contributed by atoms with Crippen molar-refractivity contribution in [3.05, 3.63) is 114 Å². The fraction of sp³-hybridized carbons (Fsp3) is 0.242. The number of aliphatic hydroxyl groups is 1. The highest BCUT2D eigenvalue weighted by atomic mass is 32.2. The van der Waals surface area contributed by atoms with Crippen LogP contribution in [0.15, 0.2) is 102 Å². The molecule has 0 bridgehead atoms. The summed E-state index contributed by atoms with van der Waals surface area (Å²) in [7, 11) is -3.94. The molecule has 0 radical (unpaired) electrons. The Labute approximate surface area is 249 Å². The molecule has 1 amide bonds. The summed E-state index contributed by atoms with van der Waals surface area (Å²) in [6.45, 7) is 0.0880. The molecular weight excluding hydrogens is 571 g/mol. The number of rotatable bonds is 9. The molecule has 4 aromatic carbocycles. The summed E-state index contributed by atoms with van der Waals surface area (Å²) < 4.78 is 53.7. The third-order valence-electron chi connectivity index (χ3n) is 7.84. The number of amides is 1. The van der Waals surface area contributed by atoms with Crippen molar-refractivity contribution >= 4 is 21.6 Å². The number of sulfonamides is 1. The average Bonchev–Trinajstić information content (AvgIpc) is 3.38. The molecule has 6 rings (SSSR count). The van der Waals surface area contributed by atoms with Crippen LogP contribution in [-0.4, -0.2) is 44.4 Å². The van der Waals surface area contributed by atoms with Gasteiger partial charge in [-0.3, -0.25) is 9.52 Å².